The van der Waals surface area contributed by atoms with E-state index in [0.29, 0.717) is 10.9 Å². The van der Waals surface area contributed by atoms with Crippen LogP contribution in [0, 0.1) is 0 Å². The van der Waals surface area contributed by atoms with Crippen LogP contribution >= 0.6 is 23.2 Å². The first-order valence-electron chi connectivity index (χ1n) is 5.00. The summed E-state index contributed by atoms with van der Waals surface area (Å²) in [5.74, 6) is 1.88. The summed E-state index contributed by atoms with van der Waals surface area (Å²) in [7, 11) is 0. The van der Waals surface area contributed by atoms with Gasteiger partial charge in [0, 0.05) is 12.1 Å². The van der Waals surface area contributed by atoms with Crippen LogP contribution in [0.15, 0.2) is 24.3 Å². The zero-order chi connectivity index (χ0) is 11.5. The molecule has 16 heavy (non-hydrogen) atoms. The van der Waals surface area contributed by atoms with Crippen LogP contribution in [0.1, 0.15) is 12.7 Å². The Bertz CT molecular complexity index is 494. The van der Waals surface area contributed by atoms with Gasteiger partial charge in [-0.05, 0) is 19.1 Å². The first kappa shape index (κ1) is 11.4. The molecular weight excluding hydrogens is 245 g/mol. The van der Waals surface area contributed by atoms with Crippen molar-refractivity contribution in [1.82, 2.24) is 14.8 Å². The molecule has 0 aliphatic heterocycles. The lowest BCUT2D eigenvalue weighted by Gasteiger charge is -2.06. The predicted octanol–water partition coefficient (Wildman–Crippen LogP) is 3.36. The average molecular weight is 256 g/mol. The Balaban J connectivity index is 2.56. The van der Waals surface area contributed by atoms with Gasteiger partial charge in [0.2, 0.25) is 0 Å². The number of alkyl halides is 1. The van der Waals surface area contributed by atoms with Crippen molar-refractivity contribution in [1.29, 1.82) is 0 Å². The Labute approximate surface area is 104 Å². The van der Waals surface area contributed by atoms with Crippen LogP contribution in [0.5, 0.6) is 0 Å². The summed E-state index contributed by atoms with van der Waals surface area (Å²) < 4.78 is 1.97. The molecule has 0 aliphatic carbocycles. The second-order valence-electron chi connectivity index (χ2n) is 3.30. The number of rotatable bonds is 3. The molecule has 0 saturated carbocycles. The minimum Gasteiger partial charge on any atom is -0.310 e. The van der Waals surface area contributed by atoms with Gasteiger partial charge in [-0.1, -0.05) is 23.7 Å². The molecule has 0 atom stereocenters. The molecule has 2 aromatic rings. The van der Waals surface area contributed by atoms with Crippen molar-refractivity contribution in [3.8, 4) is 11.4 Å². The number of nitrogens with zero attached hydrogens (tertiary/aromatic N) is 3. The van der Waals surface area contributed by atoms with Crippen LogP contribution in [0.25, 0.3) is 11.4 Å². The standard InChI is InChI=1S/C11H11Cl2N3/c1-2-16-10(7-12)14-15-11(16)8-5-3-4-6-9(8)13/h3-6H,2,7H2,1H3. The highest BCUT2D eigenvalue weighted by Gasteiger charge is 2.13. The molecule has 2 rings (SSSR count). The van der Waals surface area contributed by atoms with Crippen molar-refractivity contribution >= 4 is 23.2 Å². The second kappa shape index (κ2) is 4.85. The minimum atomic E-state index is 0.352. The highest BCUT2D eigenvalue weighted by atomic mass is 35.5. The van der Waals surface area contributed by atoms with E-state index in [1.54, 1.807) is 0 Å². The van der Waals surface area contributed by atoms with Gasteiger partial charge in [-0.3, -0.25) is 0 Å². The number of hydrogen-bond donors (Lipinski definition) is 0. The van der Waals surface area contributed by atoms with E-state index in [0.717, 1.165) is 23.8 Å². The van der Waals surface area contributed by atoms with Gasteiger partial charge >= 0.3 is 0 Å². The van der Waals surface area contributed by atoms with Crippen molar-refractivity contribution in [3.05, 3.63) is 35.1 Å². The van der Waals surface area contributed by atoms with Crippen LogP contribution in [0.2, 0.25) is 5.02 Å². The fourth-order valence-electron chi connectivity index (χ4n) is 1.61. The second-order valence-corrected chi connectivity index (χ2v) is 3.97. The molecule has 0 spiro atoms. The maximum atomic E-state index is 6.13. The van der Waals surface area contributed by atoms with Crippen LogP contribution in [0.4, 0.5) is 0 Å². The van der Waals surface area contributed by atoms with E-state index in [1.165, 1.54) is 0 Å². The summed E-state index contributed by atoms with van der Waals surface area (Å²) >= 11 is 11.9. The molecule has 0 fully saturated rings. The van der Waals surface area contributed by atoms with Gasteiger partial charge in [0.05, 0.1) is 10.9 Å². The van der Waals surface area contributed by atoms with Crippen molar-refractivity contribution in [3.63, 3.8) is 0 Å². The van der Waals surface area contributed by atoms with Crippen LogP contribution in [-0.2, 0) is 12.4 Å². The predicted molar refractivity (Wildman–Crippen MR) is 65.7 cm³/mol. The Morgan fingerprint density at radius 3 is 2.62 bits per heavy atom. The van der Waals surface area contributed by atoms with Crippen molar-refractivity contribution < 1.29 is 0 Å². The summed E-state index contributed by atoms with van der Waals surface area (Å²) in [5, 5.41) is 8.85. The van der Waals surface area contributed by atoms with Crippen LogP contribution < -0.4 is 0 Å². The molecule has 5 heteroatoms. The van der Waals surface area contributed by atoms with Gasteiger partial charge in [-0.25, -0.2) is 0 Å². The van der Waals surface area contributed by atoms with Gasteiger partial charge in [0.25, 0.3) is 0 Å². The molecule has 0 N–H and O–H groups in total. The lowest BCUT2D eigenvalue weighted by Crippen LogP contribution is -2.02. The summed E-state index contributed by atoms with van der Waals surface area (Å²) in [5.41, 5.74) is 0.884. The summed E-state index contributed by atoms with van der Waals surface area (Å²) in [4.78, 5) is 0. The third kappa shape index (κ3) is 1.93. The minimum absolute atomic E-state index is 0.352. The Kier molecular flexibility index (Phi) is 3.46. The zero-order valence-electron chi connectivity index (χ0n) is 8.82. The first-order chi connectivity index (χ1) is 7.77. The molecule has 0 saturated heterocycles. The third-order valence-corrected chi connectivity index (χ3v) is 2.95. The van der Waals surface area contributed by atoms with E-state index >= 15 is 0 Å². The zero-order valence-corrected chi connectivity index (χ0v) is 10.3. The molecule has 3 nitrogen and oxygen atoms in total. The largest absolute Gasteiger partial charge is 0.310 e. The molecule has 0 amide bonds. The SMILES string of the molecule is CCn1c(CCl)nnc1-c1ccccc1Cl. The highest BCUT2D eigenvalue weighted by Crippen LogP contribution is 2.26. The molecular formula is C11H11Cl2N3. The smallest absolute Gasteiger partial charge is 0.165 e. The summed E-state index contributed by atoms with van der Waals surface area (Å²) in [6.45, 7) is 2.80. The Morgan fingerprint density at radius 2 is 2.00 bits per heavy atom. The lowest BCUT2D eigenvalue weighted by molar-refractivity contribution is 0.731. The van der Waals surface area contributed by atoms with Crippen molar-refractivity contribution in [2.24, 2.45) is 0 Å². The summed E-state index contributed by atoms with van der Waals surface area (Å²) in [6, 6.07) is 7.58. The quantitative estimate of drug-likeness (QED) is 0.788. The Morgan fingerprint density at radius 1 is 1.25 bits per heavy atom. The van der Waals surface area contributed by atoms with Gasteiger partial charge in [0.1, 0.15) is 5.82 Å². The molecule has 0 bridgehead atoms. The number of aromatic nitrogens is 3. The highest BCUT2D eigenvalue weighted by molar-refractivity contribution is 6.33. The van der Waals surface area contributed by atoms with Crippen LogP contribution in [0.3, 0.4) is 0 Å². The molecule has 0 aliphatic rings. The number of halogens is 2. The first-order valence-corrected chi connectivity index (χ1v) is 5.92. The van der Waals surface area contributed by atoms with Gasteiger partial charge < -0.3 is 4.57 Å². The van der Waals surface area contributed by atoms with E-state index < -0.39 is 0 Å². The Hall–Kier alpha value is -1.06. The van der Waals surface area contributed by atoms with E-state index in [2.05, 4.69) is 10.2 Å². The maximum Gasteiger partial charge on any atom is 0.165 e. The van der Waals surface area contributed by atoms with E-state index in [9.17, 15) is 0 Å². The molecule has 1 heterocycles. The van der Waals surface area contributed by atoms with E-state index in [1.807, 2.05) is 35.8 Å². The molecule has 1 aromatic carbocycles. The number of hydrogen-bond acceptors (Lipinski definition) is 2. The van der Waals surface area contributed by atoms with Crippen LogP contribution in [-0.4, -0.2) is 14.8 Å². The lowest BCUT2D eigenvalue weighted by atomic mass is 10.2. The van der Waals surface area contributed by atoms with Gasteiger partial charge in [-0.15, -0.1) is 21.8 Å². The fourth-order valence-corrected chi connectivity index (χ4v) is 2.03. The number of benzene rings is 1. The molecule has 0 radical (unpaired) electrons. The molecule has 1 aromatic heterocycles. The normalized spacial score (nSPS) is 10.7. The molecule has 0 unspecified atom stereocenters. The average Bonchev–Trinajstić information content (AvgIpc) is 2.72. The van der Waals surface area contributed by atoms with Gasteiger partial charge in [-0.2, -0.15) is 0 Å². The third-order valence-electron chi connectivity index (χ3n) is 2.38. The van der Waals surface area contributed by atoms with Crippen molar-refractivity contribution in [2.75, 3.05) is 0 Å². The monoisotopic (exact) mass is 255 g/mol. The van der Waals surface area contributed by atoms with E-state index in [4.69, 9.17) is 23.2 Å². The fraction of sp³-hybridized carbons (Fsp3) is 0.273. The molecule has 84 valence electrons. The van der Waals surface area contributed by atoms with Gasteiger partial charge in [0.15, 0.2) is 5.82 Å². The summed E-state index contributed by atoms with van der Waals surface area (Å²) in [6.07, 6.45) is 0. The van der Waals surface area contributed by atoms with Crippen molar-refractivity contribution in [2.45, 2.75) is 19.3 Å². The maximum absolute atomic E-state index is 6.13. The topological polar surface area (TPSA) is 30.7 Å². The van der Waals surface area contributed by atoms with E-state index in [-0.39, 0.29) is 0 Å².